The lowest BCUT2D eigenvalue weighted by Gasteiger charge is -2.13. The van der Waals surface area contributed by atoms with Gasteiger partial charge in [0.25, 0.3) is 0 Å². The molecule has 0 spiro atoms. The minimum atomic E-state index is -4.55. The van der Waals surface area contributed by atoms with E-state index in [2.05, 4.69) is 17.0 Å². The van der Waals surface area contributed by atoms with Crippen molar-refractivity contribution in [1.82, 2.24) is 9.88 Å². The zero-order valence-electron chi connectivity index (χ0n) is 10.6. The lowest BCUT2D eigenvalue weighted by molar-refractivity contribution is -0.325. The Bertz CT molecular complexity index is 349. The average molecular weight is 264 g/mol. The van der Waals surface area contributed by atoms with Gasteiger partial charge in [0.15, 0.2) is 0 Å². The van der Waals surface area contributed by atoms with Gasteiger partial charge in [-0.3, -0.25) is 4.74 Å². The van der Waals surface area contributed by atoms with E-state index in [1.165, 1.54) is 0 Å². The summed E-state index contributed by atoms with van der Waals surface area (Å²) < 4.78 is 40.9. The summed E-state index contributed by atoms with van der Waals surface area (Å²) >= 11 is 0. The van der Waals surface area contributed by atoms with Gasteiger partial charge in [0.2, 0.25) is 0 Å². The van der Waals surface area contributed by atoms with Gasteiger partial charge >= 0.3 is 6.36 Å². The molecular weight excluding hydrogens is 245 g/mol. The molecule has 1 N–H and O–H groups in total. The topological polar surface area (TPSA) is 26.2 Å². The molecule has 0 aliphatic rings. The maximum absolute atomic E-state index is 11.8. The molecule has 3 nitrogen and oxygen atoms in total. The highest BCUT2D eigenvalue weighted by molar-refractivity contribution is 5.15. The summed E-state index contributed by atoms with van der Waals surface area (Å²) in [5.74, 6) is 0. The average Bonchev–Trinajstić information content (AvgIpc) is 2.72. The van der Waals surface area contributed by atoms with Crippen molar-refractivity contribution in [3.05, 3.63) is 24.0 Å². The summed E-state index contributed by atoms with van der Waals surface area (Å²) in [6.07, 6.45) is 1.13. The highest BCUT2D eigenvalue weighted by Crippen LogP contribution is 2.19. The highest BCUT2D eigenvalue weighted by atomic mass is 19.4. The summed E-state index contributed by atoms with van der Waals surface area (Å²) in [4.78, 5) is 0. The fourth-order valence-electron chi connectivity index (χ4n) is 1.84. The van der Waals surface area contributed by atoms with Gasteiger partial charge in [-0.15, -0.1) is 13.2 Å². The molecule has 1 atom stereocenters. The standard InChI is InChI=1S/C12H19F3N2O/c1-3-4-11(16-2)10-5-6-17(9-10)7-8-18-12(13,14)15/h5-6,9,11,16H,3-4,7-8H2,1-2H3. The van der Waals surface area contributed by atoms with Crippen LogP contribution >= 0.6 is 0 Å². The highest BCUT2D eigenvalue weighted by Gasteiger charge is 2.28. The Morgan fingerprint density at radius 2 is 2.17 bits per heavy atom. The first kappa shape index (κ1) is 15.0. The molecule has 0 aromatic carbocycles. The third-order valence-electron chi connectivity index (χ3n) is 2.72. The molecule has 1 unspecified atom stereocenters. The van der Waals surface area contributed by atoms with E-state index >= 15 is 0 Å². The van der Waals surface area contributed by atoms with Crippen LogP contribution < -0.4 is 5.32 Å². The van der Waals surface area contributed by atoms with Gasteiger partial charge < -0.3 is 9.88 Å². The third kappa shape index (κ3) is 5.10. The van der Waals surface area contributed by atoms with Crippen LogP contribution in [0, 0.1) is 0 Å². The Kier molecular flexibility index (Phi) is 5.68. The number of aromatic nitrogens is 1. The summed E-state index contributed by atoms with van der Waals surface area (Å²) in [5, 5.41) is 3.19. The summed E-state index contributed by atoms with van der Waals surface area (Å²) in [5.41, 5.74) is 1.09. The smallest absolute Gasteiger partial charge is 0.352 e. The zero-order valence-corrected chi connectivity index (χ0v) is 10.6. The Labute approximate surface area is 105 Å². The predicted molar refractivity (Wildman–Crippen MR) is 63.1 cm³/mol. The molecule has 1 aromatic heterocycles. The molecule has 1 heterocycles. The van der Waals surface area contributed by atoms with Crippen molar-refractivity contribution in [2.75, 3.05) is 13.7 Å². The normalized spacial score (nSPS) is 13.8. The first-order valence-electron chi connectivity index (χ1n) is 6.00. The number of nitrogens with one attached hydrogen (secondary N) is 1. The monoisotopic (exact) mass is 264 g/mol. The second-order valence-electron chi connectivity index (χ2n) is 4.11. The molecule has 0 radical (unpaired) electrons. The summed E-state index contributed by atoms with van der Waals surface area (Å²) in [7, 11) is 1.88. The van der Waals surface area contributed by atoms with Gasteiger partial charge in [-0.2, -0.15) is 0 Å². The molecule has 0 aliphatic carbocycles. The van der Waals surface area contributed by atoms with E-state index in [0.717, 1.165) is 18.4 Å². The van der Waals surface area contributed by atoms with Gasteiger partial charge in [-0.05, 0) is 25.1 Å². The quantitative estimate of drug-likeness (QED) is 0.819. The number of rotatable bonds is 7. The number of hydrogen-bond donors (Lipinski definition) is 1. The predicted octanol–water partition coefficient (Wildman–Crippen LogP) is 3.09. The molecule has 1 aromatic rings. The van der Waals surface area contributed by atoms with Crippen molar-refractivity contribution in [1.29, 1.82) is 0 Å². The van der Waals surface area contributed by atoms with E-state index < -0.39 is 6.36 Å². The van der Waals surface area contributed by atoms with Crippen LogP contribution in [0.1, 0.15) is 31.4 Å². The van der Waals surface area contributed by atoms with Gasteiger partial charge in [-0.25, -0.2) is 0 Å². The molecule has 18 heavy (non-hydrogen) atoms. The van der Waals surface area contributed by atoms with Crippen molar-refractivity contribution < 1.29 is 17.9 Å². The van der Waals surface area contributed by atoms with Gasteiger partial charge in [0.1, 0.15) is 0 Å². The Morgan fingerprint density at radius 3 is 2.72 bits per heavy atom. The van der Waals surface area contributed by atoms with E-state index in [1.54, 1.807) is 10.8 Å². The maximum atomic E-state index is 11.8. The molecular formula is C12H19F3N2O. The van der Waals surface area contributed by atoms with Crippen molar-refractivity contribution in [2.45, 2.75) is 38.7 Å². The molecule has 6 heteroatoms. The number of ether oxygens (including phenoxy) is 1. The molecule has 104 valence electrons. The van der Waals surface area contributed by atoms with Gasteiger partial charge in [-0.1, -0.05) is 13.3 Å². The lowest BCUT2D eigenvalue weighted by atomic mass is 10.1. The van der Waals surface area contributed by atoms with Crippen molar-refractivity contribution in [3.63, 3.8) is 0 Å². The van der Waals surface area contributed by atoms with E-state index in [1.807, 2.05) is 19.3 Å². The van der Waals surface area contributed by atoms with Crippen LogP contribution in [0.3, 0.4) is 0 Å². The molecule has 0 saturated heterocycles. The van der Waals surface area contributed by atoms with Crippen LogP contribution in [0.25, 0.3) is 0 Å². The molecule has 0 fully saturated rings. The summed E-state index contributed by atoms with van der Waals surface area (Å²) in [6.45, 7) is 1.93. The maximum Gasteiger partial charge on any atom is 0.522 e. The Hall–Kier alpha value is -1.01. The van der Waals surface area contributed by atoms with Crippen LogP contribution in [0.5, 0.6) is 0 Å². The number of halogens is 3. The van der Waals surface area contributed by atoms with E-state index in [-0.39, 0.29) is 19.2 Å². The first-order valence-corrected chi connectivity index (χ1v) is 6.00. The van der Waals surface area contributed by atoms with Crippen molar-refractivity contribution in [3.8, 4) is 0 Å². The fraction of sp³-hybridized carbons (Fsp3) is 0.667. The lowest BCUT2D eigenvalue weighted by Crippen LogP contribution is -2.17. The zero-order chi connectivity index (χ0) is 13.6. The third-order valence-corrected chi connectivity index (χ3v) is 2.72. The molecule has 1 rings (SSSR count). The van der Waals surface area contributed by atoms with Crippen molar-refractivity contribution >= 4 is 0 Å². The van der Waals surface area contributed by atoms with Crippen LogP contribution in [-0.4, -0.2) is 24.6 Å². The Morgan fingerprint density at radius 1 is 1.44 bits per heavy atom. The number of hydrogen-bond acceptors (Lipinski definition) is 2. The molecule has 0 bridgehead atoms. The van der Waals surface area contributed by atoms with E-state index in [9.17, 15) is 13.2 Å². The second kappa shape index (κ2) is 6.80. The van der Waals surface area contributed by atoms with Gasteiger partial charge in [0, 0.05) is 25.0 Å². The van der Waals surface area contributed by atoms with Crippen molar-refractivity contribution in [2.24, 2.45) is 0 Å². The minimum absolute atomic E-state index is 0.196. The van der Waals surface area contributed by atoms with E-state index in [0.29, 0.717) is 0 Å². The van der Waals surface area contributed by atoms with Crippen LogP contribution in [0.15, 0.2) is 18.5 Å². The largest absolute Gasteiger partial charge is 0.522 e. The molecule has 0 aliphatic heterocycles. The number of alkyl halides is 3. The summed E-state index contributed by atoms with van der Waals surface area (Å²) in [6, 6.07) is 2.17. The van der Waals surface area contributed by atoms with Crippen LogP contribution in [0.2, 0.25) is 0 Å². The fourth-order valence-corrected chi connectivity index (χ4v) is 1.84. The van der Waals surface area contributed by atoms with Crippen LogP contribution in [0.4, 0.5) is 13.2 Å². The van der Waals surface area contributed by atoms with Gasteiger partial charge in [0.05, 0.1) is 6.61 Å². The second-order valence-corrected chi connectivity index (χ2v) is 4.11. The Balaban J connectivity index is 2.47. The minimum Gasteiger partial charge on any atom is -0.352 e. The van der Waals surface area contributed by atoms with Crippen LogP contribution in [-0.2, 0) is 11.3 Å². The number of nitrogens with zero attached hydrogens (tertiary/aromatic N) is 1. The molecule has 0 saturated carbocycles. The first-order chi connectivity index (χ1) is 8.46. The molecule has 0 amide bonds. The van der Waals surface area contributed by atoms with E-state index in [4.69, 9.17) is 0 Å². The SMILES string of the molecule is CCCC(NC)c1ccn(CCOC(F)(F)F)c1.